The molecular weight excluding hydrogens is 275 g/mol. The maximum absolute atomic E-state index is 13.1. The van der Waals surface area contributed by atoms with E-state index < -0.39 is 29.4 Å². The summed E-state index contributed by atoms with van der Waals surface area (Å²) >= 11 is 2.95. The first-order valence-electron chi connectivity index (χ1n) is 4.13. The van der Waals surface area contributed by atoms with E-state index in [2.05, 4.69) is 15.9 Å². The van der Waals surface area contributed by atoms with Gasteiger partial charge in [-0.3, -0.25) is 0 Å². The van der Waals surface area contributed by atoms with E-state index in [0.717, 1.165) is 6.07 Å². The van der Waals surface area contributed by atoms with E-state index >= 15 is 0 Å². The Hall–Kier alpha value is -0.750. The van der Waals surface area contributed by atoms with E-state index in [1.165, 1.54) is 6.07 Å². The van der Waals surface area contributed by atoms with Crippen LogP contribution < -0.4 is 5.73 Å². The summed E-state index contributed by atoms with van der Waals surface area (Å²) in [5, 5.41) is 9.32. The van der Waals surface area contributed by atoms with Crippen molar-refractivity contribution in [2.24, 2.45) is 5.73 Å². The second kappa shape index (κ2) is 2.89. The molecule has 0 bridgehead atoms. The lowest BCUT2D eigenvalue weighted by Crippen LogP contribution is -2.27. The van der Waals surface area contributed by atoms with Gasteiger partial charge in [0, 0.05) is 16.5 Å². The number of phenols is 1. The number of phenolic OH excluding ortho intramolecular Hbond substituents is 1. The summed E-state index contributed by atoms with van der Waals surface area (Å²) in [5.74, 6) is -4.86. The Morgan fingerprint density at radius 2 is 1.93 bits per heavy atom. The zero-order valence-electron chi connectivity index (χ0n) is 7.40. The van der Waals surface area contributed by atoms with Crippen molar-refractivity contribution in [3.05, 3.63) is 28.0 Å². The van der Waals surface area contributed by atoms with Crippen molar-refractivity contribution in [3.63, 3.8) is 0 Å². The van der Waals surface area contributed by atoms with E-state index in [1.807, 2.05) is 0 Å². The lowest BCUT2D eigenvalue weighted by atomic mass is 10.0. The summed E-state index contributed by atoms with van der Waals surface area (Å²) in [4.78, 5) is 0. The number of hydrogen-bond acceptors (Lipinski definition) is 2. The van der Waals surface area contributed by atoms with Crippen LogP contribution >= 0.6 is 15.9 Å². The number of rotatable bonds is 1. The maximum Gasteiger partial charge on any atom is 0.272 e. The van der Waals surface area contributed by atoms with Crippen molar-refractivity contribution in [1.82, 2.24) is 0 Å². The van der Waals surface area contributed by atoms with E-state index in [0.29, 0.717) is 0 Å². The first-order chi connectivity index (χ1) is 6.78. The van der Waals surface area contributed by atoms with Gasteiger partial charge in [-0.2, -0.15) is 0 Å². The number of benzene rings is 1. The molecule has 1 aromatic carbocycles. The van der Waals surface area contributed by atoms with Gasteiger partial charge >= 0.3 is 0 Å². The highest BCUT2D eigenvalue weighted by Crippen LogP contribution is 2.59. The molecule has 2 rings (SSSR count). The minimum Gasteiger partial charge on any atom is -0.505 e. The van der Waals surface area contributed by atoms with Crippen molar-refractivity contribution in [2.75, 3.05) is 0 Å². The molecule has 1 aliphatic rings. The zero-order valence-corrected chi connectivity index (χ0v) is 8.98. The molecule has 6 heteroatoms. The van der Waals surface area contributed by atoms with Crippen molar-refractivity contribution in [3.8, 4) is 5.75 Å². The Bertz CT molecular complexity index is 438. The van der Waals surface area contributed by atoms with E-state index in [1.54, 1.807) is 0 Å². The molecule has 0 aromatic heterocycles. The van der Waals surface area contributed by atoms with Crippen molar-refractivity contribution < 1.29 is 18.3 Å². The number of halogens is 4. The molecule has 1 aliphatic carbocycles. The van der Waals surface area contributed by atoms with Gasteiger partial charge < -0.3 is 10.8 Å². The Morgan fingerprint density at radius 1 is 1.40 bits per heavy atom. The van der Waals surface area contributed by atoms with Crippen LogP contribution in [0.25, 0.3) is 0 Å². The van der Waals surface area contributed by atoms with Gasteiger partial charge in [0.2, 0.25) is 0 Å². The number of alkyl halides is 2. The third-order valence-electron chi connectivity index (χ3n) is 2.54. The predicted molar refractivity (Wildman–Crippen MR) is 51.2 cm³/mol. The molecule has 1 unspecified atom stereocenters. The van der Waals surface area contributed by atoms with Crippen molar-refractivity contribution in [1.29, 1.82) is 0 Å². The molecule has 0 radical (unpaired) electrons. The summed E-state index contributed by atoms with van der Waals surface area (Å²) in [7, 11) is 0. The molecule has 1 fully saturated rings. The second-order valence-electron chi connectivity index (χ2n) is 3.64. The van der Waals surface area contributed by atoms with Crippen LogP contribution in [0, 0.1) is 5.82 Å². The van der Waals surface area contributed by atoms with Gasteiger partial charge in [-0.25, -0.2) is 13.2 Å². The Labute approximate surface area is 92.0 Å². The molecule has 1 atom stereocenters. The van der Waals surface area contributed by atoms with E-state index in [-0.39, 0.29) is 10.0 Å². The zero-order chi connectivity index (χ0) is 11.4. The standard InChI is InChI=1S/C9H7BrF3NO/c10-4-1-5(7(15)6(11)2-4)8(14)3-9(8,12)13/h1-2,15H,3,14H2. The molecule has 1 aromatic rings. The van der Waals surface area contributed by atoms with Gasteiger partial charge in [-0.15, -0.1) is 0 Å². The second-order valence-corrected chi connectivity index (χ2v) is 4.55. The van der Waals surface area contributed by atoms with Gasteiger partial charge in [0.1, 0.15) is 5.54 Å². The van der Waals surface area contributed by atoms with Crippen LogP contribution in [0.15, 0.2) is 16.6 Å². The summed E-state index contributed by atoms with van der Waals surface area (Å²) in [6.07, 6.45) is -0.580. The molecule has 15 heavy (non-hydrogen) atoms. The fourth-order valence-electron chi connectivity index (χ4n) is 1.50. The van der Waals surface area contributed by atoms with Crippen LogP contribution in [-0.2, 0) is 5.54 Å². The Balaban J connectivity index is 2.55. The molecule has 0 heterocycles. The molecule has 0 saturated heterocycles. The van der Waals surface area contributed by atoms with Crippen LogP contribution in [-0.4, -0.2) is 11.0 Å². The predicted octanol–water partition coefficient (Wildman–Crippen LogP) is 2.49. The van der Waals surface area contributed by atoms with Crippen LogP contribution in [0.1, 0.15) is 12.0 Å². The third kappa shape index (κ3) is 1.43. The number of hydrogen-bond donors (Lipinski definition) is 2. The molecule has 82 valence electrons. The fraction of sp³-hybridized carbons (Fsp3) is 0.333. The topological polar surface area (TPSA) is 46.2 Å². The molecule has 1 saturated carbocycles. The van der Waals surface area contributed by atoms with Crippen LogP contribution in [0.2, 0.25) is 0 Å². The summed E-state index contributed by atoms with van der Waals surface area (Å²) < 4.78 is 39.2. The molecule has 3 N–H and O–H groups in total. The monoisotopic (exact) mass is 281 g/mol. The summed E-state index contributed by atoms with van der Waals surface area (Å²) in [5.41, 5.74) is 3.18. The molecule has 0 spiro atoms. The van der Waals surface area contributed by atoms with Crippen LogP contribution in [0.5, 0.6) is 5.75 Å². The SMILES string of the molecule is NC1(c2cc(Br)cc(F)c2O)CC1(F)F. The Kier molecular flexibility index (Phi) is 2.07. The van der Waals surface area contributed by atoms with Crippen molar-refractivity contribution >= 4 is 15.9 Å². The number of nitrogens with two attached hydrogens (primary N) is 1. The summed E-state index contributed by atoms with van der Waals surface area (Å²) in [6.45, 7) is 0. The van der Waals surface area contributed by atoms with E-state index in [4.69, 9.17) is 5.73 Å². The van der Waals surface area contributed by atoms with Gasteiger partial charge in [-0.05, 0) is 12.1 Å². The van der Waals surface area contributed by atoms with E-state index in [9.17, 15) is 18.3 Å². The normalized spacial score (nSPS) is 27.8. The quantitative estimate of drug-likeness (QED) is 0.831. The highest BCUT2D eigenvalue weighted by Gasteiger charge is 2.71. The molecular formula is C9H7BrF3NO. The third-order valence-corrected chi connectivity index (χ3v) is 3.00. The first-order valence-corrected chi connectivity index (χ1v) is 4.92. The largest absolute Gasteiger partial charge is 0.505 e. The number of aromatic hydroxyl groups is 1. The molecule has 0 amide bonds. The van der Waals surface area contributed by atoms with Crippen LogP contribution in [0.4, 0.5) is 13.2 Å². The maximum atomic E-state index is 13.1. The molecule has 2 nitrogen and oxygen atoms in total. The lowest BCUT2D eigenvalue weighted by Gasteiger charge is -2.13. The average molecular weight is 282 g/mol. The Morgan fingerprint density at radius 3 is 2.40 bits per heavy atom. The minimum atomic E-state index is -3.09. The van der Waals surface area contributed by atoms with Crippen LogP contribution in [0.3, 0.4) is 0 Å². The van der Waals surface area contributed by atoms with Gasteiger partial charge in [0.25, 0.3) is 5.92 Å². The van der Waals surface area contributed by atoms with Gasteiger partial charge in [0.05, 0.1) is 0 Å². The smallest absolute Gasteiger partial charge is 0.272 e. The highest BCUT2D eigenvalue weighted by atomic mass is 79.9. The molecule has 0 aliphatic heterocycles. The van der Waals surface area contributed by atoms with Gasteiger partial charge in [0.15, 0.2) is 11.6 Å². The highest BCUT2D eigenvalue weighted by molar-refractivity contribution is 9.10. The van der Waals surface area contributed by atoms with Crippen molar-refractivity contribution in [2.45, 2.75) is 17.9 Å². The fourth-order valence-corrected chi connectivity index (χ4v) is 1.93. The minimum absolute atomic E-state index is 0.264. The summed E-state index contributed by atoms with van der Waals surface area (Å²) in [6, 6.07) is 2.20. The average Bonchev–Trinajstić information content (AvgIpc) is 2.60. The first kappa shape index (κ1) is 10.8. The van der Waals surface area contributed by atoms with Gasteiger partial charge in [-0.1, -0.05) is 15.9 Å². The lowest BCUT2D eigenvalue weighted by molar-refractivity contribution is 0.0882.